The quantitative estimate of drug-likeness (QED) is 0.630. The van der Waals surface area contributed by atoms with Gasteiger partial charge in [0.2, 0.25) is 0 Å². The number of amides is 1. The van der Waals surface area contributed by atoms with Crippen molar-refractivity contribution in [3.8, 4) is 0 Å². The molecule has 0 bridgehead atoms. The molecule has 2 fully saturated rings. The smallest absolute Gasteiger partial charge is 0.256 e. The number of carbonyl (C=O) groups is 1. The van der Waals surface area contributed by atoms with Crippen molar-refractivity contribution in [1.29, 1.82) is 0 Å². The number of benzene rings is 2. The highest BCUT2D eigenvalue weighted by Crippen LogP contribution is 2.24. The maximum Gasteiger partial charge on any atom is 0.256 e. The molecule has 0 unspecified atom stereocenters. The number of rotatable bonds is 5. The van der Waals surface area contributed by atoms with Crippen molar-refractivity contribution in [3.63, 3.8) is 0 Å². The van der Waals surface area contributed by atoms with Crippen molar-refractivity contribution >= 4 is 16.7 Å². The lowest BCUT2D eigenvalue weighted by Gasteiger charge is -2.42. The average Bonchev–Trinajstić information content (AvgIpc) is 2.78. The number of fused-ring (bicyclic) bond motifs is 1. The van der Waals surface area contributed by atoms with Gasteiger partial charge in [0.15, 0.2) is 0 Å². The molecule has 5 rings (SSSR count). The van der Waals surface area contributed by atoms with E-state index in [1.807, 2.05) is 24.3 Å². The van der Waals surface area contributed by atoms with Crippen molar-refractivity contribution in [2.45, 2.75) is 25.7 Å². The molecule has 2 aliphatic rings. The minimum absolute atomic E-state index is 0.155. The number of nitrogens with zero attached hydrogens (tertiary/aromatic N) is 4. The maximum absolute atomic E-state index is 14.5. The highest BCUT2D eigenvalue weighted by atomic mass is 19.1. The fourth-order valence-corrected chi connectivity index (χ4v) is 4.79. The summed E-state index contributed by atoms with van der Waals surface area (Å²) in [6.07, 6.45) is 6.11. The van der Waals surface area contributed by atoms with Crippen LogP contribution in [0.1, 0.15) is 40.9 Å². The van der Waals surface area contributed by atoms with Gasteiger partial charge in [-0.3, -0.25) is 4.79 Å². The molecule has 0 N–H and O–H groups in total. The number of hydrogen-bond donors (Lipinski definition) is 0. The average molecular weight is 419 g/mol. The summed E-state index contributed by atoms with van der Waals surface area (Å²) in [7, 11) is 0. The molecular formula is C25H27FN4O. The molecule has 0 aliphatic carbocycles. The van der Waals surface area contributed by atoms with Gasteiger partial charge in [-0.1, -0.05) is 36.8 Å². The Labute approximate surface area is 181 Å². The van der Waals surface area contributed by atoms with Crippen LogP contribution in [0.15, 0.2) is 48.7 Å². The van der Waals surface area contributed by atoms with E-state index in [0.29, 0.717) is 25.4 Å². The zero-order chi connectivity index (χ0) is 21.2. The third kappa shape index (κ3) is 4.30. The van der Waals surface area contributed by atoms with E-state index in [1.54, 1.807) is 23.2 Å². The monoisotopic (exact) mass is 418 g/mol. The van der Waals surface area contributed by atoms with E-state index in [4.69, 9.17) is 0 Å². The Morgan fingerprint density at radius 1 is 1.06 bits per heavy atom. The number of likely N-dealkylation sites (tertiary alicyclic amines) is 2. The van der Waals surface area contributed by atoms with Crippen LogP contribution in [-0.2, 0) is 6.42 Å². The van der Waals surface area contributed by atoms with Crippen LogP contribution in [0.4, 0.5) is 4.39 Å². The first-order chi connectivity index (χ1) is 15.2. The Balaban J connectivity index is 1.27. The molecule has 160 valence electrons. The lowest BCUT2D eigenvalue weighted by Crippen LogP contribution is -2.54. The second kappa shape index (κ2) is 8.71. The number of halogens is 1. The second-order valence-electron chi connectivity index (χ2n) is 8.81. The van der Waals surface area contributed by atoms with Crippen molar-refractivity contribution in [3.05, 3.63) is 71.3 Å². The summed E-state index contributed by atoms with van der Waals surface area (Å²) in [6.45, 7) is 4.81. The molecule has 0 atom stereocenters. The fraction of sp³-hybridized carbons (Fsp3) is 0.400. The van der Waals surface area contributed by atoms with Gasteiger partial charge < -0.3 is 9.80 Å². The molecule has 1 aromatic heterocycles. The highest BCUT2D eigenvalue weighted by Gasteiger charge is 2.33. The third-order valence-corrected chi connectivity index (χ3v) is 6.49. The molecule has 0 radical (unpaired) electrons. The molecule has 1 amide bonds. The lowest BCUT2D eigenvalue weighted by atomic mass is 9.96. The summed E-state index contributed by atoms with van der Waals surface area (Å²) >= 11 is 0. The zero-order valence-electron chi connectivity index (χ0n) is 17.6. The van der Waals surface area contributed by atoms with Gasteiger partial charge in [-0.25, -0.2) is 4.39 Å². The molecular weight excluding hydrogens is 391 g/mol. The first-order valence-corrected chi connectivity index (χ1v) is 11.2. The number of hydrogen-bond acceptors (Lipinski definition) is 4. The second-order valence-corrected chi connectivity index (χ2v) is 8.81. The molecule has 6 heteroatoms. The van der Waals surface area contributed by atoms with Gasteiger partial charge in [-0.2, -0.15) is 10.2 Å². The van der Waals surface area contributed by atoms with Crippen LogP contribution in [0.25, 0.3) is 10.8 Å². The molecule has 2 saturated heterocycles. The summed E-state index contributed by atoms with van der Waals surface area (Å²) in [5, 5.41) is 10.4. The first kappa shape index (κ1) is 20.1. The van der Waals surface area contributed by atoms with Gasteiger partial charge in [0.25, 0.3) is 5.91 Å². The van der Waals surface area contributed by atoms with E-state index < -0.39 is 5.82 Å². The molecule has 3 heterocycles. The third-order valence-electron chi connectivity index (χ3n) is 6.49. The van der Waals surface area contributed by atoms with Gasteiger partial charge in [-0.05, 0) is 43.6 Å². The summed E-state index contributed by atoms with van der Waals surface area (Å²) in [6, 6.07) is 12.7. The standard InChI is InChI=1S/C25H27FN4O/c26-23-9-8-18(13-24-21-7-3-2-6-20(21)14-27-28-24)12-22(23)25(31)30-16-19(17-30)15-29-10-4-1-5-11-29/h2-3,6-9,12,14,19H,1,4-5,10-11,13,15-17H2. The summed E-state index contributed by atoms with van der Waals surface area (Å²) < 4.78 is 14.5. The number of piperidine rings is 1. The van der Waals surface area contributed by atoms with Crippen LogP contribution in [0.3, 0.4) is 0 Å². The van der Waals surface area contributed by atoms with Gasteiger partial charge in [0.05, 0.1) is 17.5 Å². The van der Waals surface area contributed by atoms with E-state index >= 15 is 0 Å². The van der Waals surface area contributed by atoms with Crippen molar-refractivity contribution < 1.29 is 9.18 Å². The Kier molecular flexibility index (Phi) is 5.64. The van der Waals surface area contributed by atoms with Gasteiger partial charge in [0, 0.05) is 42.7 Å². The predicted octanol–water partition coefficient (Wildman–Crippen LogP) is 3.92. The van der Waals surface area contributed by atoms with Crippen LogP contribution in [0.5, 0.6) is 0 Å². The normalized spacial score (nSPS) is 17.6. The summed E-state index contributed by atoms with van der Waals surface area (Å²) in [5.41, 5.74) is 1.84. The minimum Gasteiger partial charge on any atom is -0.338 e. The van der Waals surface area contributed by atoms with Crippen molar-refractivity contribution in [2.24, 2.45) is 5.92 Å². The summed E-state index contributed by atoms with van der Waals surface area (Å²) in [5.74, 6) is -0.172. The van der Waals surface area contributed by atoms with Crippen LogP contribution < -0.4 is 0 Å². The predicted molar refractivity (Wildman–Crippen MR) is 118 cm³/mol. The van der Waals surface area contributed by atoms with E-state index in [9.17, 15) is 9.18 Å². The molecule has 3 aromatic rings. The highest BCUT2D eigenvalue weighted by molar-refractivity contribution is 5.95. The van der Waals surface area contributed by atoms with Crippen LogP contribution in [0.2, 0.25) is 0 Å². The Morgan fingerprint density at radius 2 is 1.87 bits per heavy atom. The molecule has 31 heavy (non-hydrogen) atoms. The van der Waals surface area contributed by atoms with Crippen LogP contribution in [-0.4, -0.2) is 58.6 Å². The summed E-state index contributed by atoms with van der Waals surface area (Å²) in [4.78, 5) is 17.2. The number of carbonyl (C=O) groups excluding carboxylic acids is 1. The van der Waals surface area contributed by atoms with E-state index in [2.05, 4.69) is 15.1 Å². The minimum atomic E-state index is -0.461. The van der Waals surface area contributed by atoms with E-state index in [1.165, 1.54) is 25.3 Å². The van der Waals surface area contributed by atoms with Crippen molar-refractivity contribution in [2.75, 3.05) is 32.7 Å². The van der Waals surface area contributed by atoms with Crippen molar-refractivity contribution in [1.82, 2.24) is 20.0 Å². The van der Waals surface area contributed by atoms with E-state index in [0.717, 1.165) is 41.7 Å². The number of aromatic nitrogens is 2. The molecule has 2 aliphatic heterocycles. The Bertz CT molecular complexity index is 1080. The zero-order valence-corrected chi connectivity index (χ0v) is 17.6. The molecule has 0 saturated carbocycles. The maximum atomic E-state index is 14.5. The van der Waals surface area contributed by atoms with E-state index in [-0.39, 0.29) is 11.5 Å². The molecule has 5 nitrogen and oxygen atoms in total. The largest absolute Gasteiger partial charge is 0.338 e. The Morgan fingerprint density at radius 3 is 2.71 bits per heavy atom. The lowest BCUT2D eigenvalue weighted by molar-refractivity contribution is 0.0390. The van der Waals surface area contributed by atoms with Gasteiger partial charge >= 0.3 is 0 Å². The molecule has 2 aromatic carbocycles. The topological polar surface area (TPSA) is 49.3 Å². The fourth-order valence-electron chi connectivity index (χ4n) is 4.79. The van der Waals surface area contributed by atoms with Gasteiger partial charge in [-0.15, -0.1) is 0 Å². The first-order valence-electron chi connectivity index (χ1n) is 11.2. The van der Waals surface area contributed by atoms with Crippen LogP contribution in [0, 0.1) is 11.7 Å². The van der Waals surface area contributed by atoms with Gasteiger partial charge in [0.1, 0.15) is 5.82 Å². The van der Waals surface area contributed by atoms with Crippen LogP contribution >= 0.6 is 0 Å². The SMILES string of the molecule is O=C(c1cc(Cc2nncc3ccccc23)ccc1F)N1CC(CN2CCCCC2)C1. The Hall–Kier alpha value is -2.86. The molecule has 0 spiro atoms.